The molecule has 0 saturated heterocycles. The van der Waals surface area contributed by atoms with Crippen molar-refractivity contribution in [2.75, 3.05) is 0 Å². The minimum atomic E-state index is 0.613. The lowest BCUT2D eigenvalue weighted by Crippen LogP contribution is -2.47. The SMILES string of the molecule is CC1CC(C)C(C)C(C)(C2CC(C)C3CC2C2CCCCCC32)C1. The molecule has 2 bridgehead atoms. The second-order valence-corrected chi connectivity index (χ2v) is 11.2. The molecule has 0 heteroatoms. The summed E-state index contributed by atoms with van der Waals surface area (Å²) < 4.78 is 0. The lowest BCUT2D eigenvalue weighted by Gasteiger charge is -2.55. The Balaban J connectivity index is 1.65. The van der Waals surface area contributed by atoms with Crippen LogP contribution in [-0.2, 0) is 0 Å². The van der Waals surface area contributed by atoms with Gasteiger partial charge in [-0.15, -0.1) is 0 Å². The van der Waals surface area contributed by atoms with Gasteiger partial charge in [-0.25, -0.2) is 0 Å². The predicted molar refractivity (Wildman–Crippen MR) is 104 cm³/mol. The van der Waals surface area contributed by atoms with E-state index in [0.29, 0.717) is 5.41 Å². The first-order chi connectivity index (χ1) is 11.4. The van der Waals surface area contributed by atoms with Gasteiger partial charge in [-0.3, -0.25) is 0 Å². The average molecular weight is 331 g/mol. The van der Waals surface area contributed by atoms with E-state index in [-0.39, 0.29) is 0 Å². The summed E-state index contributed by atoms with van der Waals surface area (Å²) in [6.45, 7) is 13.1. The van der Waals surface area contributed by atoms with Gasteiger partial charge >= 0.3 is 0 Å². The smallest absolute Gasteiger partial charge is 0.0264 e. The first kappa shape index (κ1) is 17.4. The molecule has 0 nitrogen and oxygen atoms in total. The highest BCUT2D eigenvalue weighted by atomic mass is 14.6. The van der Waals surface area contributed by atoms with Crippen molar-refractivity contribution < 1.29 is 0 Å². The van der Waals surface area contributed by atoms with E-state index in [2.05, 4.69) is 34.6 Å². The summed E-state index contributed by atoms with van der Waals surface area (Å²) >= 11 is 0. The van der Waals surface area contributed by atoms with Crippen molar-refractivity contribution in [2.24, 2.45) is 58.7 Å². The Kier molecular flexibility index (Phi) is 4.58. The fraction of sp³-hybridized carbons (Fsp3) is 1.00. The molecule has 0 heterocycles. The van der Waals surface area contributed by atoms with E-state index in [0.717, 1.165) is 53.3 Å². The zero-order valence-electron chi connectivity index (χ0n) is 17.1. The monoisotopic (exact) mass is 330 g/mol. The molecule has 4 saturated carbocycles. The Bertz CT molecular complexity index is 453. The van der Waals surface area contributed by atoms with Crippen LogP contribution < -0.4 is 0 Å². The van der Waals surface area contributed by atoms with E-state index < -0.39 is 0 Å². The van der Waals surface area contributed by atoms with E-state index in [1.807, 2.05) is 0 Å². The van der Waals surface area contributed by atoms with Crippen LogP contribution in [0, 0.1) is 58.7 Å². The van der Waals surface area contributed by atoms with Crippen LogP contribution in [0.15, 0.2) is 0 Å². The third-order valence-electron chi connectivity index (χ3n) is 9.95. The molecule has 4 rings (SSSR count). The summed E-state index contributed by atoms with van der Waals surface area (Å²) in [6.07, 6.45) is 13.9. The maximum Gasteiger partial charge on any atom is -0.0264 e. The highest BCUT2D eigenvalue weighted by Gasteiger charge is 2.57. The summed E-state index contributed by atoms with van der Waals surface area (Å²) in [4.78, 5) is 0. The highest BCUT2D eigenvalue weighted by Crippen LogP contribution is 2.65. The number of rotatable bonds is 1. The molecule has 0 aliphatic heterocycles. The fourth-order valence-corrected chi connectivity index (χ4v) is 8.72. The molecule has 0 spiro atoms. The van der Waals surface area contributed by atoms with Gasteiger partial charge in [0.2, 0.25) is 0 Å². The maximum absolute atomic E-state index is 2.73. The van der Waals surface area contributed by atoms with Crippen LogP contribution >= 0.6 is 0 Å². The summed E-state index contributed by atoms with van der Waals surface area (Å²) in [6, 6.07) is 0. The van der Waals surface area contributed by atoms with E-state index in [1.54, 1.807) is 25.7 Å². The second-order valence-electron chi connectivity index (χ2n) is 11.2. The first-order valence-electron chi connectivity index (χ1n) is 11.4. The lowest BCUT2D eigenvalue weighted by molar-refractivity contribution is -0.0581. The Hall–Kier alpha value is 0. The van der Waals surface area contributed by atoms with Gasteiger partial charge in [0, 0.05) is 0 Å². The quantitative estimate of drug-likeness (QED) is 0.477. The van der Waals surface area contributed by atoms with Crippen LogP contribution in [-0.4, -0.2) is 0 Å². The third kappa shape index (κ3) is 2.61. The second kappa shape index (κ2) is 6.31. The van der Waals surface area contributed by atoms with Crippen LogP contribution in [0.5, 0.6) is 0 Å². The highest BCUT2D eigenvalue weighted by molar-refractivity contribution is 5.06. The van der Waals surface area contributed by atoms with Crippen LogP contribution in [0.4, 0.5) is 0 Å². The molecule has 138 valence electrons. The van der Waals surface area contributed by atoms with Gasteiger partial charge in [-0.05, 0) is 97.2 Å². The molecule has 24 heavy (non-hydrogen) atoms. The Labute approximate surface area is 151 Å². The molecule has 10 unspecified atom stereocenters. The molecule has 10 atom stereocenters. The van der Waals surface area contributed by atoms with Gasteiger partial charge in [0.25, 0.3) is 0 Å². The fourth-order valence-electron chi connectivity index (χ4n) is 8.72. The van der Waals surface area contributed by atoms with E-state index >= 15 is 0 Å². The molecule has 0 radical (unpaired) electrons. The molecule has 0 aromatic heterocycles. The standard InChI is InChI=1S/C24H42/c1-15-11-16(2)18(4)24(5,14-15)23-12-17(3)21-13-22(23)20-10-8-6-7-9-19(20)21/h15-23H,6-14H2,1-5H3. The normalized spacial score (nSPS) is 58.1. The first-order valence-corrected chi connectivity index (χ1v) is 11.4. The van der Waals surface area contributed by atoms with Gasteiger partial charge < -0.3 is 0 Å². The van der Waals surface area contributed by atoms with Crippen LogP contribution in [0.1, 0.15) is 92.4 Å². The van der Waals surface area contributed by atoms with Crippen molar-refractivity contribution in [3.05, 3.63) is 0 Å². The molecule has 0 aromatic rings. The van der Waals surface area contributed by atoms with Crippen molar-refractivity contribution in [2.45, 2.75) is 92.4 Å². The number of hydrogen-bond donors (Lipinski definition) is 0. The Morgan fingerprint density at radius 1 is 0.667 bits per heavy atom. The molecule has 0 aromatic carbocycles. The van der Waals surface area contributed by atoms with Gasteiger partial charge in [0.05, 0.1) is 0 Å². The van der Waals surface area contributed by atoms with E-state index in [1.165, 1.54) is 32.1 Å². The zero-order chi connectivity index (χ0) is 17.1. The summed E-state index contributed by atoms with van der Waals surface area (Å²) in [7, 11) is 0. The van der Waals surface area contributed by atoms with Crippen LogP contribution in [0.25, 0.3) is 0 Å². The minimum absolute atomic E-state index is 0.613. The van der Waals surface area contributed by atoms with Crippen molar-refractivity contribution in [1.82, 2.24) is 0 Å². The third-order valence-corrected chi connectivity index (χ3v) is 9.95. The summed E-state index contributed by atoms with van der Waals surface area (Å²) in [5.41, 5.74) is 0.613. The summed E-state index contributed by atoms with van der Waals surface area (Å²) in [5, 5.41) is 0. The molecular weight excluding hydrogens is 288 g/mol. The number of hydrogen-bond acceptors (Lipinski definition) is 0. The summed E-state index contributed by atoms with van der Waals surface area (Å²) in [5.74, 6) is 9.20. The average Bonchev–Trinajstić information content (AvgIpc) is 2.69. The maximum atomic E-state index is 2.73. The topological polar surface area (TPSA) is 0 Å². The Morgan fingerprint density at radius 2 is 1.33 bits per heavy atom. The largest absolute Gasteiger partial charge is 0.0625 e. The van der Waals surface area contributed by atoms with Crippen LogP contribution in [0.3, 0.4) is 0 Å². The molecular formula is C24H42. The van der Waals surface area contributed by atoms with Gasteiger partial charge in [0.15, 0.2) is 0 Å². The molecule has 0 N–H and O–H groups in total. The van der Waals surface area contributed by atoms with Crippen molar-refractivity contribution in [3.63, 3.8) is 0 Å². The van der Waals surface area contributed by atoms with Crippen molar-refractivity contribution >= 4 is 0 Å². The molecule has 4 aliphatic carbocycles. The number of fused-ring (bicyclic) bond motifs is 5. The van der Waals surface area contributed by atoms with Crippen molar-refractivity contribution in [1.29, 1.82) is 0 Å². The Morgan fingerprint density at radius 3 is 2.04 bits per heavy atom. The molecule has 4 fully saturated rings. The predicted octanol–water partition coefficient (Wildman–Crippen LogP) is 7.18. The van der Waals surface area contributed by atoms with Crippen molar-refractivity contribution in [3.8, 4) is 0 Å². The molecule has 4 aliphatic rings. The van der Waals surface area contributed by atoms with Gasteiger partial charge in [0.1, 0.15) is 0 Å². The van der Waals surface area contributed by atoms with E-state index in [9.17, 15) is 0 Å². The van der Waals surface area contributed by atoms with Gasteiger partial charge in [-0.1, -0.05) is 53.9 Å². The lowest BCUT2D eigenvalue weighted by atomic mass is 9.50. The van der Waals surface area contributed by atoms with E-state index in [4.69, 9.17) is 0 Å². The zero-order valence-corrected chi connectivity index (χ0v) is 17.1. The van der Waals surface area contributed by atoms with Gasteiger partial charge in [-0.2, -0.15) is 0 Å². The minimum Gasteiger partial charge on any atom is -0.0625 e. The molecule has 0 amide bonds. The van der Waals surface area contributed by atoms with Crippen LogP contribution in [0.2, 0.25) is 0 Å².